The van der Waals surface area contributed by atoms with Crippen molar-refractivity contribution in [2.24, 2.45) is 0 Å². The fraction of sp³-hybridized carbons (Fsp3) is 0.625. The van der Waals surface area contributed by atoms with Gasteiger partial charge in [-0.25, -0.2) is 0 Å². The molecule has 0 spiro atoms. The van der Waals surface area contributed by atoms with Crippen molar-refractivity contribution in [2.45, 2.75) is 51.8 Å². The summed E-state index contributed by atoms with van der Waals surface area (Å²) in [6.07, 6.45) is 1.37. The van der Waals surface area contributed by atoms with Crippen molar-refractivity contribution in [3.63, 3.8) is 0 Å². The Hall–Kier alpha value is -1.22. The van der Waals surface area contributed by atoms with Crippen LogP contribution in [0.2, 0.25) is 0 Å². The summed E-state index contributed by atoms with van der Waals surface area (Å²) in [5.41, 5.74) is 0.206. The van der Waals surface area contributed by atoms with E-state index < -0.39 is 0 Å². The molecule has 19 heavy (non-hydrogen) atoms. The van der Waals surface area contributed by atoms with E-state index in [0.717, 1.165) is 24.5 Å². The van der Waals surface area contributed by atoms with Gasteiger partial charge in [0.1, 0.15) is 17.6 Å². The first-order valence-electron chi connectivity index (χ1n) is 6.97. The van der Waals surface area contributed by atoms with Gasteiger partial charge in [-0.1, -0.05) is 0 Å². The molecule has 2 rings (SSSR count). The largest absolute Gasteiger partial charge is 0.497 e. The molecule has 1 fully saturated rings. The van der Waals surface area contributed by atoms with Crippen LogP contribution in [-0.2, 0) is 0 Å². The van der Waals surface area contributed by atoms with Crippen LogP contribution in [0.5, 0.6) is 11.5 Å². The van der Waals surface area contributed by atoms with Crippen molar-refractivity contribution >= 4 is 0 Å². The number of rotatable bonds is 3. The topological polar surface area (TPSA) is 21.7 Å². The number of ether oxygens (including phenoxy) is 2. The molecule has 0 N–H and O–H groups in total. The van der Waals surface area contributed by atoms with Crippen LogP contribution in [0.4, 0.5) is 0 Å². The third-order valence-electron chi connectivity index (χ3n) is 3.76. The van der Waals surface area contributed by atoms with E-state index in [9.17, 15) is 0 Å². The minimum absolute atomic E-state index is 0.206. The van der Waals surface area contributed by atoms with Crippen LogP contribution in [0.3, 0.4) is 0 Å². The predicted molar refractivity (Wildman–Crippen MR) is 77.9 cm³/mol. The lowest BCUT2D eigenvalue weighted by Gasteiger charge is -2.35. The maximum atomic E-state index is 6.07. The van der Waals surface area contributed by atoms with Crippen LogP contribution in [0.15, 0.2) is 24.3 Å². The number of benzene rings is 1. The number of hydrogen-bond donors (Lipinski definition) is 0. The summed E-state index contributed by atoms with van der Waals surface area (Å²) in [4.78, 5) is 2.52. The van der Waals surface area contributed by atoms with Crippen LogP contribution in [-0.4, -0.2) is 36.2 Å². The lowest BCUT2D eigenvalue weighted by molar-refractivity contribution is 0.115. The molecule has 3 heteroatoms. The zero-order valence-corrected chi connectivity index (χ0v) is 12.6. The monoisotopic (exact) mass is 263 g/mol. The highest BCUT2D eigenvalue weighted by molar-refractivity contribution is 5.31. The van der Waals surface area contributed by atoms with E-state index in [4.69, 9.17) is 9.47 Å². The van der Waals surface area contributed by atoms with Gasteiger partial charge in [-0.2, -0.15) is 0 Å². The Kier molecular flexibility index (Phi) is 4.04. The van der Waals surface area contributed by atoms with Gasteiger partial charge in [0.15, 0.2) is 0 Å². The predicted octanol–water partition coefficient (Wildman–Crippen LogP) is 3.34. The van der Waals surface area contributed by atoms with Gasteiger partial charge in [-0.15, -0.1) is 0 Å². The Morgan fingerprint density at radius 2 is 1.68 bits per heavy atom. The van der Waals surface area contributed by atoms with Gasteiger partial charge in [0, 0.05) is 24.5 Å². The highest BCUT2D eigenvalue weighted by Crippen LogP contribution is 2.29. The molecule has 0 bridgehead atoms. The molecule has 0 unspecified atom stereocenters. The molecule has 1 aliphatic rings. The van der Waals surface area contributed by atoms with E-state index in [-0.39, 0.29) is 11.6 Å². The minimum Gasteiger partial charge on any atom is -0.497 e. The smallest absolute Gasteiger partial charge is 0.120 e. The van der Waals surface area contributed by atoms with Crippen molar-refractivity contribution in [1.29, 1.82) is 0 Å². The van der Waals surface area contributed by atoms with E-state index in [2.05, 4.69) is 32.6 Å². The first-order valence-corrected chi connectivity index (χ1v) is 6.97. The number of methoxy groups -OCH3 is 1. The first-order chi connectivity index (χ1) is 8.90. The van der Waals surface area contributed by atoms with Gasteiger partial charge in [0.05, 0.1) is 7.11 Å². The minimum atomic E-state index is 0.206. The molecule has 0 aliphatic carbocycles. The molecule has 2 atom stereocenters. The Morgan fingerprint density at radius 3 is 2.16 bits per heavy atom. The average molecular weight is 263 g/mol. The third-order valence-corrected chi connectivity index (χ3v) is 3.76. The van der Waals surface area contributed by atoms with E-state index >= 15 is 0 Å². The fourth-order valence-electron chi connectivity index (χ4n) is 2.85. The molecule has 0 saturated carbocycles. The fourth-order valence-corrected chi connectivity index (χ4v) is 2.85. The van der Waals surface area contributed by atoms with Crippen LogP contribution in [0.1, 0.15) is 34.1 Å². The average Bonchev–Trinajstić information content (AvgIpc) is 2.71. The van der Waals surface area contributed by atoms with Gasteiger partial charge in [0.25, 0.3) is 0 Å². The molecular weight excluding hydrogens is 238 g/mol. The summed E-state index contributed by atoms with van der Waals surface area (Å²) in [6, 6.07) is 8.40. The standard InChI is InChI=1S/C16H25NO2/c1-12-10-15(11-17(12)16(2,3)4)19-14-8-6-13(18-5)7-9-14/h6-9,12,15H,10-11H2,1-5H3/t12-,15+/m0/s1. The van der Waals surface area contributed by atoms with E-state index in [1.165, 1.54) is 0 Å². The number of likely N-dealkylation sites (tertiary alicyclic amines) is 1. The second-order valence-electron chi connectivity index (χ2n) is 6.32. The second-order valence-corrected chi connectivity index (χ2v) is 6.32. The Balaban J connectivity index is 1.97. The van der Waals surface area contributed by atoms with Crippen molar-refractivity contribution in [1.82, 2.24) is 4.90 Å². The molecular formula is C16H25NO2. The molecule has 1 saturated heterocycles. The quantitative estimate of drug-likeness (QED) is 0.835. The third kappa shape index (κ3) is 3.41. The Morgan fingerprint density at radius 1 is 1.11 bits per heavy atom. The van der Waals surface area contributed by atoms with Crippen LogP contribution in [0.25, 0.3) is 0 Å². The molecule has 1 aromatic rings. The van der Waals surface area contributed by atoms with Gasteiger partial charge < -0.3 is 9.47 Å². The van der Waals surface area contributed by atoms with Gasteiger partial charge in [-0.05, 0) is 52.0 Å². The molecule has 1 aromatic carbocycles. The van der Waals surface area contributed by atoms with Crippen molar-refractivity contribution in [3.8, 4) is 11.5 Å². The van der Waals surface area contributed by atoms with Crippen LogP contribution in [0, 0.1) is 0 Å². The SMILES string of the molecule is COc1ccc(O[C@@H]2C[C@H](C)N(C(C)(C)C)C2)cc1. The van der Waals surface area contributed by atoms with E-state index in [1.54, 1.807) is 7.11 Å². The molecule has 106 valence electrons. The van der Waals surface area contributed by atoms with E-state index in [0.29, 0.717) is 6.04 Å². The maximum absolute atomic E-state index is 6.07. The lowest BCUT2D eigenvalue weighted by atomic mass is 10.1. The van der Waals surface area contributed by atoms with Crippen molar-refractivity contribution < 1.29 is 9.47 Å². The van der Waals surface area contributed by atoms with Crippen LogP contribution < -0.4 is 9.47 Å². The van der Waals surface area contributed by atoms with Crippen molar-refractivity contribution in [3.05, 3.63) is 24.3 Å². The van der Waals surface area contributed by atoms with E-state index in [1.807, 2.05) is 24.3 Å². The molecule has 1 heterocycles. The zero-order valence-electron chi connectivity index (χ0n) is 12.6. The normalized spacial score (nSPS) is 24.5. The second kappa shape index (κ2) is 5.41. The summed E-state index contributed by atoms with van der Waals surface area (Å²) >= 11 is 0. The van der Waals surface area contributed by atoms with Crippen LogP contribution >= 0.6 is 0 Å². The molecule has 0 radical (unpaired) electrons. The summed E-state index contributed by atoms with van der Waals surface area (Å²) in [5, 5.41) is 0. The summed E-state index contributed by atoms with van der Waals surface area (Å²) in [7, 11) is 1.68. The molecule has 0 aromatic heterocycles. The highest BCUT2D eigenvalue weighted by Gasteiger charge is 2.36. The first kappa shape index (κ1) is 14.2. The molecule has 1 aliphatic heterocycles. The summed E-state index contributed by atoms with van der Waals surface area (Å²) in [5.74, 6) is 1.79. The van der Waals surface area contributed by atoms with Crippen molar-refractivity contribution in [2.75, 3.05) is 13.7 Å². The Bertz CT molecular complexity index is 408. The molecule has 0 amide bonds. The highest BCUT2D eigenvalue weighted by atomic mass is 16.5. The summed E-state index contributed by atoms with van der Waals surface area (Å²) < 4.78 is 11.2. The van der Waals surface area contributed by atoms with Gasteiger partial charge >= 0.3 is 0 Å². The maximum Gasteiger partial charge on any atom is 0.120 e. The van der Waals surface area contributed by atoms with Gasteiger partial charge in [0.2, 0.25) is 0 Å². The molecule has 3 nitrogen and oxygen atoms in total. The Labute approximate surface area is 116 Å². The number of hydrogen-bond acceptors (Lipinski definition) is 3. The number of nitrogens with zero attached hydrogens (tertiary/aromatic N) is 1. The lowest BCUT2D eigenvalue weighted by Crippen LogP contribution is -2.44. The zero-order chi connectivity index (χ0) is 14.0. The van der Waals surface area contributed by atoms with Gasteiger partial charge in [-0.3, -0.25) is 4.90 Å². The summed E-state index contributed by atoms with van der Waals surface area (Å²) in [6.45, 7) is 10.1.